The molecule has 0 radical (unpaired) electrons. The molecule has 0 unspecified atom stereocenters. The highest BCUT2D eigenvalue weighted by Crippen LogP contribution is 2.24. The van der Waals surface area contributed by atoms with E-state index < -0.39 is 0 Å². The lowest BCUT2D eigenvalue weighted by Gasteiger charge is -2.16. The molecule has 0 N–H and O–H groups in total. The van der Waals surface area contributed by atoms with Crippen LogP contribution in [0.1, 0.15) is 26.2 Å². The van der Waals surface area contributed by atoms with E-state index in [0.717, 1.165) is 50.2 Å². The Bertz CT molecular complexity index is 705. The van der Waals surface area contributed by atoms with Crippen LogP contribution in [-0.2, 0) is 0 Å². The molecule has 2 rings (SSSR count). The van der Waals surface area contributed by atoms with Crippen molar-refractivity contribution in [3.8, 4) is 0 Å². The van der Waals surface area contributed by atoms with Crippen molar-refractivity contribution < 1.29 is 0 Å². The number of rotatable bonds is 7. The van der Waals surface area contributed by atoms with E-state index in [-0.39, 0.29) is 0 Å². The van der Waals surface area contributed by atoms with E-state index in [1.165, 1.54) is 0 Å². The predicted octanol–water partition coefficient (Wildman–Crippen LogP) is 6.06. The number of aliphatic imine (C=N–C) groups is 1. The number of halogens is 1. The first kappa shape index (κ1) is 19.3. The van der Waals surface area contributed by atoms with Crippen molar-refractivity contribution in [3.05, 3.63) is 52.7 Å². The zero-order valence-corrected chi connectivity index (χ0v) is 16.9. The zero-order chi connectivity index (χ0) is 17.5. The molecule has 126 valence electrons. The monoisotopic (exact) mass is 394 g/mol. The van der Waals surface area contributed by atoms with E-state index in [2.05, 4.69) is 11.9 Å². The molecule has 0 saturated heterocycles. The highest BCUT2D eigenvalue weighted by atomic mass is 35.5. The molecule has 1 aromatic carbocycles. The van der Waals surface area contributed by atoms with Crippen molar-refractivity contribution in [1.82, 2.24) is 4.31 Å². The third-order valence-corrected chi connectivity index (χ3v) is 5.17. The van der Waals surface area contributed by atoms with Gasteiger partial charge in [0.05, 0.1) is 10.6 Å². The molecule has 0 atom stereocenters. The van der Waals surface area contributed by atoms with Gasteiger partial charge in [0.2, 0.25) is 0 Å². The number of allylic oxidation sites excluding steroid dienone is 3. The third-order valence-electron chi connectivity index (χ3n) is 3.34. The van der Waals surface area contributed by atoms with Crippen LogP contribution in [0.4, 0.5) is 0 Å². The lowest BCUT2D eigenvalue weighted by molar-refractivity contribution is 0.804. The van der Waals surface area contributed by atoms with Gasteiger partial charge in [-0.25, -0.2) is 4.99 Å². The molecule has 0 bridgehead atoms. The molecule has 1 aliphatic rings. The van der Waals surface area contributed by atoms with Gasteiger partial charge in [0.1, 0.15) is 6.34 Å². The van der Waals surface area contributed by atoms with E-state index in [1.54, 1.807) is 18.3 Å². The van der Waals surface area contributed by atoms with Crippen molar-refractivity contribution in [3.63, 3.8) is 0 Å². The van der Waals surface area contributed by atoms with E-state index >= 15 is 0 Å². The molecule has 0 amide bonds. The Morgan fingerprint density at radius 1 is 1.21 bits per heavy atom. The minimum atomic E-state index is 0.730. The Kier molecular flexibility index (Phi) is 7.62. The maximum absolute atomic E-state index is 5.90. The van der Waals surface area contributed by atoms with Gasteiger partial charge < -0.3 is 4.31 Å². The molecule has 0 fully saturated rings. The van der Waals surface area contributed by atoms with Crippen LogP contribution in [0.15, 0.2) is 57.6 Å². The van der Waals surface area contributed by atoms with Crippen molar-refractivity contribution in [2.75, 3.05) is 7.05 Å². The summed E-state index contributed by atoms with van der Waals surface area (Å²) in [6.45, 7) is 2.17. The van der Waals surface area contributed by atoms with Crippen LogP contribution in [0, 0.1) is 0 Å². The molecular weight excluding hydrogens is 376 g/mol. The van der Waals surface area contributed by atoms with E-state index in [1.807, 2.05) is 47.8 Å². The highest BCUT2D eigenvalue weighted by Gasteiger charge is 2.15. The Balaban J connectivity index is 2.00. The first-order valence-electron chi connectivity index (χ1n) is 7.71. The summed E-state index contributed by atoms with van der Waals surface area (Å²) in [5.74, 6) is 0. The molecular formula is C18H19ClN2S3. The molecule has 0 heterocycles. The normalized spacial score (nSPS) is 14.8. The minimum Gasteiger partial charge on any atom is -0.306 e. The molecule has 0 spiro atoms. The summed E-state index contributed by atoms with van der Waals surface area (Å²) in [4.78, 5) is 7.21. The van der Waals surface area contributed by atoms with Crippen LogP contribution < -0.4 is 0 Å². The Labute approximate surface area is 163 Å². The summed E-state index contributed by atoms with van der Waals surface area (Å²) >= 11 is 18.4. The number of benzene rings is 1. The zero-order valence-electron chi connectivity index (χ0n) is 13.7. The van der Waals surface area contributed by atoms with Crippen molar-refractivity contribution >= 4 is 64.1 Å². The fourth-order valence-corrected chi connectivity index (χ4v) is 3.46. The van der Waals surface area contributed by atoms with Gasteiger partial charge in [0.25, 0.3) is 0 Å². The maximum Gasteiger partial charge on any atom is 0.101 e. The van der Waals surface area contributed by atoms with Gasteiger partial charge in [-0.3, -0.25) is 0 Å². The summed E-state index contributed by atoms with van der Waals surface area (Å²) in [5.41, 5.74) is 1.90. The number of hydrogen-bond acceptors (Lipinski definition) is 4. The van der Waals surface area contributed by atoms with Crippen molar-refractivity contribution in [2.24, 2.45) is 4.99 Å². The lowest BCUT2D eigenvalue weighted by Crippen LogP contribution is -2.13. The quantitative estimate of drug-likeness (QED) is 0.241. The number of thiocarbonyl (C=S) groups is 2. The van der Waals surface area contributed by atoms with Gasteiger partial charge in [-0.15, -0.1) is 0 Å². The van der Waals surface area contributed by atoms with E-state index in [4.69, 9.17) is 36.0 Å². The summed E-state index contributed by atoms with van der Waals surface area (Å²) in [7, 11) is 1.95. The summed E-state index contributed by atoms with van der Waals surface area (Å²) in [6, 6.07) is 7.69. The van der Waals surface area contributed by atoms with Crippen molar-refractivity contribution in [2.45, 2.75) is 31.1 Å². The van der Waals surface area contributed by atoms with Crippen LogP contribution in [0.3, 0.4) is 0 Å². The molecule has 1 aliphatic carbocycles. The molecule has 2 nitrogen and oxygen atoms in total. The van der Waals surface area contributed by atoms with Crippen LogP contribution in [0.25, 0.3) is 0 Å². The van der Waals surface area contributed by atoms with Gasteiger partial charge in [-0.2, -0.15) is 0 Å². The first-order valence-corrected chi connectivity index (χ1v) is 9.68. The fourth-order valence-electron chi connectivity index (χ4n) is 2.12. The largest absolute Gasteiger partial charge is 0.306 e. The van der Waals surface area contributed by atoms with Gasteiger partial charge >= 0.3 is 0 Å². The van der Waals surface area contributed by atoms with Crippen LogP contribution >= 0.6 is 48.0 Å². The van der Waals surface area contributed by atoms with E-state index in [0.29, 0.717) is 0 Å². The van der Waals surface area contributed by atoms with Gasteiger partial charge in [0.15, 0.2) is 0 Å². The minimum absolute atomic E-state index is 0.730. The SMILES string of the molecule is CCCCC1=CC(=S)C=C(N=CN(C)Sc2ccc(Cl)cc2)C1=S. The second-order valence-corrected chi connectivity index (χ2v) is 7.92. The van der Waals surface area contributed by atoms with Gasteiger partial charge in [-0.05, 0) is 66.8 Å². The summed E-state index contributed by atoms with van der Waals surface area (Å²) in [5, 5.41) is 0.730. The number of hydrogen-bond donors (Lipinski definition) is 0. The molecule has 0 saturated carbocycles. The third kappa shape index (κ3) is 5.81. The molecule has 24 heavy (non-hydrogen) atoms. The predicted molar refractivity (Wildman–Crippen MR) is 114 cm³/mol. The van der Waals surface area contributed by atoms with Crippen LogP contribution in [0.5, 0.6) is 0 Å². The molecule has 6 heteroatoms. The second kappa shape index (κ2) is 9.47. The Morgan fingerprint density at radius 2 is 1.92 bits per heavy atom. The summed E-state index contributed by atoms with van der Waals surface area (Å²) in [6.07, 6.45) is 8.83. The maximum atomic E-state index is 5.90. The standard InChI is InChI=1S/C18H19ClN2S3/c1-3-4-5-13-10-15(22)11-17(18(13)23)20-12-21(2)24-16-8-6-14(19)7-9-16/h6-12H,3-5H2,1-2H3. The Hall–Kier alpha value is -1.01. The van der Waals surface area contributed by atoms with Gasteiger partial charge in [-0.1, -0.05) is 49.4 Å². The Morgan fingerprint density at radius 3 is 2.58 bits per heavy atom. The average molecular weight is 395 g/mol. The highest BCUT2D eigenvalue weighted by molar-refractivity contribution is 7.97. The number of nitrogens with zero attached hydrogens (tertiary/aromatic N) is 2. The molecule has 0 aromatic heterocycles. The van der Waals surface area contributed by atoms with Crippen LogP contribution in [0.2, 0.25) is 5.02 Å². The lowest BCUT2D eigenvalue weighted by atomic mass is 9.98. The molecule has 0 aliphatic heterocycles. The topological polar surface area (TPSA) is 15.6 Å². The van der Waals surface area contributed by atoms with Gasteiger partial charge in [0, 0.05) is 21.8 Å². The second-order valence-electron chi connectivity index (χ2n) is 5.37. The van der Waals surface area contributed by atoms with Crippen LogP contribution in [-0.4, -0.2) is 27.4 Å². The summed E-state index contributed by atoms with van der Waals surface area (Å²) < 4.78 is 1.93. The smallest absolute Gasteiger partial charge is 0.101 e. The van der Waals surface area contributed by atoms with Crippen molar-refractivity contribution in [1.29, 1.82) is 0 Å². The van der Waals surface area contributed by atoms with E-state index in [9.17, 15) is 0 Å². The first-order chi connectivity index (χ1) is 11.5. The number of unbranched alkanes of at least 4 members (excludes halogenated alkanes) is 1. The molecule has 1 aromatic rings. The average Bonchev–Trinajstić information content (AvgIpc) is 2.56. The fraction of sp³-hybridized carbons (Fsp3) is 0.278.